The van der Waals surface area contributed by atoms with Gasteiger partial charge in [-0.05, 0) is 36.3 Å². The number of nitrogens with zero attached hydrogens (tertiary/aromatic N) is 1. The van der Waals surface area contributed by atoms with Crippen molar-refractivity contribution >= 4 is 19.0 Å². The van der Waals surface area contributed by atoms with Crippen LogP contribution in [0.15, 0.2) is 30.5 Å². The summed E-state index contributed by atoms with van der Waals surface area (Å²) < 4.78 is 2.16. The van der Waals surface area contributed by atoms with E-state index < -0.39 is 8.07 Å². The zero-order chi connectivity index (χ0) is 13.9. The van der Waals surface area contributed by atoms with Gasteiger partial charge in [-0.1, -0.05) is 32.8 Å². The fraction of sp³-hybridized carbons (Fsp3) is 0.412. The van der Waals surface area contributed by atoms with Gasteiger partial charge in [-0.25, -0.2) is 0 Å². The Morgan fingerprint density at radius 2 is 1.74 bits per heavy atom. The van der Waals surface area contributed by atoms with Crippen LogP contribution in [0.4, 0.5) is 0 Å². The van der Waals surface area contributed by atoms with Gasteiger partial charge in [0.05, 0.1) is 0 Å². The van der Waals surface area contributed by atoms with E-state index in [2.05, 4.69) is 74.3 Å². The summed E-state index contributed by atoms with van der Waals surface area (Å²) >= 11 is 0. The van der Waals surface area contributed by atoms with E-state index in [0.29, 0.717) is 0 Å². The second-order valence-electron chi connectivity index (χ2n) is 5.26. The summed E-state index contributed by atoms with van der Waals surface area (Å²) in [5.41, 5.74) is 6.13. The van der Waals surface area contributed by atoms with Gasteiger partial charge in [-0.3, -0.25) is 0 Å². The van der Waals surface area contributed by atoms with E-state index in [0.717, 1.165) is 0 Å². The maximum absolute atomic E-state index is 3.68. The molecule has 2 heteroatoms. The molecule has 2 rings (SSSR count). The van der Waals surface area contributed by atoms with E-state index in [4.69, 9.17) is 0 Å². The van der Waals surface area contributed by atoms with E-state index in [1.54, 1.807) is 0 Å². The molecule has 100 valence electrons. The molecular weight excluding hydrogens is 246 g/mol. The number of aryl methyl sites for hydroxylation is 1. The molecular formula is C17H23NSi. The van der Waals surface area contributed by atoms with Crippen molar-refractivity contribution in [3.05, 3.63) is 36.0 Å². The van der Waals surface area contributed by atoms with Gasteiger partial charge in [0, 0.05) is 29.7 Å². The third-order valence-electron chi connectivity index (χ3n) is 4.42. The van der Waals surface area contributed by atoms with Gasteiger partial charge in [0.2, 0.25) is 0 Å². The van der Waals surface area contributed by atoms with Gasteiger partial charge in [0.25, 0.3) is 0 Å². The average molecular weight is 269 g/mol. The molecule has 19 heavy (non-hydrogen) atoms. The molecule has 1 nitrogen and oxygen atoms in total. The highest BCUT2D eigenvalue weighted by Crippen LogP contribution is 2.21. The molecule has 0 N–H and O–H groups in total. The van der Waals surface area contributed by atoms with Crippen molar-refractivity contribution in [2.45, 2.75) is 38.9 Å². The van der Waals surface area contributed by atoms with E-state index in [1.165, 1.54) is 34.6 Å². The minimum Gasteiger partial charge on any atom is -0.351 e. The number of rotatable bonds is 3. The van der Waals surface area contributed by atoms with Crippen molar-refractivity contribution in [2.24, 2.45) is 7.05 Å². The molecule has 0 bridgehead atoms. The van der Waals surface area contributed by atoms with Crippen molar-refractivity contribution in [3.63, 3.8) is 0 Å². The molecule has 0 amide bonds. The van der Waals surface area contributed by atoms with Gasteiger partial charge in [0.15, 0.2) is 0 Å². The van der Waals surface area contributed by atoms with E-state index in [1.807, 2.05) is 0 Å². The standard InChI is InChI=1S/C17H23NSi/c1-5-19(6-2,7-3)14-12-15-9-8-10-17-16(15)11-13-18(17)4/h8-11,13H,5-7H2,1-4H3. The number of aromatic nitrogens is 1. The van der Waals surface area contributed by atoms with Gasteiger partial charge in [-0.15, -0.1) is 5.54 Å². The SMILES string of the molecule is CC[Si](C#Cc1cccc2c1ccn2C)(CC)CC. The second-order valence-corrected chi connectivity index (χ2v) is 10.2. The zero-order valence-corrected chi connectivity index (χ0v) is 13.5. The van der Waals surface area contributed by atoms with E-state index >= 15 is 0 Å². The third kappa shape index (κ3) is 2.62. The lowest BCUT2D eigenvalue weighted by molar-refractivity contribution is 0.969. The Kier molecular flexibility index (Phi) is 4.16. The molecule has 0 aliphatic carbocycles. The van der Waals surface area contributed by atoms with Crippen molar-refractivity contribution in [3.8, 4) is 11.5 Å². The first-order chi connectivity index (χ1) is 9.15. The van der Waals surface area contributed by atoms with Crippen molar-refractivity contribution in [2.75, 3.05) is 0 Å². The summed E-state index contributed by atoms with van der Waals surface area (Å²) in [4.78, 5) is 0. The summed E-state index contributed by atoms with van der Waals surface area (Å²) in [5.74, 6) is 3.49. The first-order valence-corrected chi connectivity index (χ1v) is 9.85. The minimum absolute atomic E-state index is 1.19. The van der Waals surface area contributed by atoms with Crippen LogP contribution < -0.4 is 0 Å². The van der Waals surface area contributed by atoms with Crippen LogP contribution in [-0.2, 0) is 7.05 Å². The molecule has 0 saturated heterocycles. The van der Waals surface area contributed by atoms with Crippen LogP contribution in [0.25, 0.3) is 10.9 Å². The highest BCUT2D eigenvalue weighted by atomic mass is 28.3. The molecule has 0 saturated carbocycles. The maximum Gasteiger partial charge on any atom is 0.138 e. The number of hydrogen-bond acceptors (Lipinski definition) is 0. The Hall–Kier alpha value is -1.46. The topological polar surface area (TPSA) is 4.93 Å². The van der Waals surface area contributed by atoms with Crippen LogP contribution in [0.1, 0.15) is 26.3 Å². The normalized spacial score (nSPS) is 11.4. The average Bonchev–Trinajstić information content (AvgIpc) is 2.84. The lowest BCUT2D eigenvalue weighted by Gasteiger charge is -2.20. The largest absolute Gasteiger partial charge is 0.351 e. The quantitative estimate of drug-likeness (QED) is 0.568. The van der Waals surface area contributed by atoms with Gasteiger partial charge >= 0.3 is 0 Å². The molecule has 0 fully saturated rings. The Bertz CT molecular complexity index is 615. The fourth-order valence-electron chi connectivity index (χ4n) is 2.63. The highest BCUT2D eigenvalue weighted by molar-refractivity contribution is 6.87. The Morgan fingerprint density at radius 1 is 1.05 bits per heavy atom. The monoisotopic (exact) mass is 269 g/mol. The zero-order valence-electron chi connectivity index (χ0n) is 12.5. The number of benzene rings is 1. The number of hydrogen-bond donors (Lipinski definition) is 0. The molecule has 0 aliphatic rings. The predicted molar refractivity (Wildman–Crippen MR) is 87.0 cm³/mol. The van der Waals surface area contributed by atoms with Crippen LogP contribution in [-0.4, -0.2) is 12.6 Å². The van der Waals surface area contributed by atoms with E-state index in [-0.39, 0.29) is 0 Å². The van der Waals surface area contributed by atoms with Gasteiger partial charge in [0.1, 0.15) is 8.07 Å². The molecule has 0 spiro atoms. The van der Waals surface area contributed by atoms with Gasteiger partial charge < -0.3 is 4.57 Å². The summed E-state index contributed by atoms with van der Waals surface area (Å²) in [6, 6.07) is 12.4. The molecule has 0 atom stereocenters. The smallest absolute Gasteiger partial charge is 0.138 e. The Balaban J connectivity index is 2.47. The van der Waals surface area contributed by atoms with Crippen molar-refractivity contribution in [1.29, 1.82) is 0 Å². The van der Waals surface area contributed by atoms with Gasteiger partial charge in [-0.2, -0.15) is 0 Å². The van der Waals surface area contributed by atoms with Crippen LogP contribution in [0.2, 0.25) is 18.1 Å². The van der Waals surface area contributed by atoms with Crippen LogP contribution in [0.3, 0.4) is 0 Å². The number of fused-ring (bicyclic) bond motifs is 1. The molecule has 2 aromatic rings. The summed E-state index contributed by atoms with van der Waals surface area (Å²) in [7, 11) is 0.737. The minimum atomic E-state index is -1.35. The van der Waals surface area contributed by atoms with Crippen LogP contribution >= 0.6 is 0 Å². The predicted octanol–water partition coefficient (Wildman–Crippen LogP) is 4.58. The third-order valence-corrected chi connectivity index (χ3v) is 9.14. The first kappa shape index (κ1) is 14.0. The van der Waals surface area contributed by atoms with Crippen molar-refractivity contribution in [1.82, 2.24) is 4.57 Å². The summed E-state index contributed by atoms with van der Waals surface area (Å²) in [6.45, 7) is 6.91. The maximum atomic E-state index is 3.68. The first-order valence-electron chi connectivity index (χ1n) is 7.23. The second kappa shape index (κ2) is 5.67. The van der Waals surface area contributed by atoms with Crippen LogP contribution in [0, 0.1) is 11.5 Å². The Labute approximate surface area is 117 Å². The lowest BCUT2D eigenvalue weighted by Crippen LogP contribution is -2.29. The summed E-state index contributed by atoms with van der Waals surface area (Å²) in [5, 5.41) is 1.28. The molecule has 0 aliphatic heterocycles. The highest BCUT2D eigenvalue weighted by Gasteiger charge is 2.24. The van der Waals surface area contributed by atoms with Crippen molar-refractivity contribution < 1.29 is 0 Å². The summed E-state index contributed by atoms with van der Waals surface area (Å²) in [6.07, 6.45) is 2.11. The molecule has 0 radical (unpaired) electrons. The molecule has 1 aromatic carbocycles. The van der Waals surface area contributed by atoms with Crippen LogP contribution in [0.5, 0.6) is 0 Å². The molecule has 0 unspecified atom stereocenters. The molecule has 1 heterocycles. The lowest BCUT2D eigenvalue weighted by atomic mass is 10.1. The fourth-order valence-corrected chi connectivity index (χ4v) is 5.06. The van der Waals surface area contributed by atoms with E-state index in [9.17, 15) is 0 Å². The molecule has 1 aromatic heterocycles. The Morgan fingerprint density at radius 3 is 2.37 bits per heavy atom.